The first-order valence-corrected chi connectivity index (χ1v) is 10.1. The van der Waals surface area contributed by atoms with Crippen molar-refractivity contribution in [3.8, 4) is 0 Å². The van der Waals surface area contributed by atoms with Crippen molar-refractivity contribution in [3.05, 3.63) is 58.9 Å². The molecule has 4 heterocycles. The molecule has 2 aromatic carbocycles. The van der Waals surface area contributed by atoms with Crippen LogP contribution in [0.1, 0.15) is 10.4 Å². The molecule has 0 aliphatic carbocycles. The van der Waals surface area contributed by atoms with Crippen LogP contribution in [0, 0.1) is 29.1 Å². The first-order valence-electron chi connectivity index (χ1n) is 7.73. The standard InChI is InChI=1S/C16H8F6N2O3S/c17-6-2-1-3-7(18)11(6)15(25)24-16-23-14-9(4-8(19)12(20)13(14)21)28(16,22)5-10(26-28)27-28/h1-4,10H,5H2,(H,23,24,25). The fourth-order valence-corrected chi connectivity index (χ4v) is 7.79. The molecule has 12 heteroatoms. The number of hydrogen-bond acceptors (Lipinski definition) is 4. The quantitative estimate of drug-likeness (QED) is 0.555. The van der Waals surface area contributed by atoms with Gasteiger partial charge in [-0.05, 0) is 12.1 Å². The van der Waals surface area contributed by atoms with Crippen molar-refractivity contribution in [2.24, 2.45) is 4.99 Å². The number of hydrogen-bond donors (Lipinski definition) is 1. The monoisotopic (exact) mass is 422 g/mol. The Balaban J connectivity index is 1.67. The Labute approximate surface area is 151 Å². The van der Waals surface area contributed by atoms with Crippen LogP contribution in [0.3, 0.4) is 0 Å². The number of amides is 1. The van der Waals surface area contributed by atoms with Gasteiger partial charge in [0.1, 0.15) is 28.6 Å². The molecule has 5 nitrogen and oxygen atoms in total. The zero-order chi connectivity index (χ0) is 20.1. The van der Waals surface area contributed by atoms with E-state index in [0.29, 0.717) is 6.07 Å². The Morgan fingerprint density at radius 3 is 2.21 bits per heavy atom. The van der Waals surface area contributed by atoms with E-state index in [9.17, 15) is 26.7 Å². The SMILES string of the molecule is O=C(NC1=Nc2c(cc(F)c(F)c2F)S123(F)CC(O2)O3)c1c(F)cccc1F. The fourth-order valence-electron chi connectivity index (χ4n) is 3.57. The lowest BCUT2D eigenvalue weighted by atomic mass is 10.2. The summed E-state index contributed by atoms with van der Waals surface area (Å²) in [7, 11) is -6.03. The van der Waals surface area contributed by atoms with E-state index in [-0.39, 0.29) is 0 Å². The van der Waals surface area contributed by atoms with Gasteiger partial charge in [0.2, 0.25) is 11.5 Å². The van der Waals surface area contributed by atoms with Crippen molar-refractivity contribution < 1.29 is 39.0 Å². The number of benzene rings is 2. The molecule has 0 radical (unpaired) electrons. The van der Waals surface area contributed by atoms with Crippen LogP contribution in [0.25, 0.3) is 0 Å². The number of halogens is 6. The van der Waals surface area contributed by atoms with Gasteiger partial charge in [-0.3, -0.25) is 10.1 Å². The first kappa shape index (κ1) is 17.5. The molecular weight excluding hydrogens is 414 g/mol. The Morgan fingerprint density at radius 1 is 1.07 bits per heavy atom. The van der Waals surface area contributed by atoms with Gasteiger partial charge in [0.15, 0.2) is 17.5 Å². The van der Waals surface area contributed by atoms with E-state index in [1.165, 1.54) is 0 Å². The van der Waals surface area contributed by atoms with Crippen molar-refractivity contribution in [1.82, 2.24) is 5.32 Å². The number of rotatable bonds is 1. The van der Waals surface area contributed by atoms with Crippen LogP contribution in [0.2, 0.25) is 0 Å². The lowest BCUT2D eigenvalue weighted by Gasteiger charge is -2.91. The zero-order valence-electron chi connectivity index (χ0n) is 13.4. The van der Waals surface area contributed by atoms with E-state index in [1.807, 2.05) is 5.32 Å². The van der Waals surface area contributed by atoms with E-state index in [1.54, 1.807) is 0 Å². The van der Waals surface area contributed by atoms with E-state index >= 15 is 3.89 Å². The van der Waals surface area contributed by atoms with Gasteiger partial charge in [-0.15, -0.1) is 13.1 Å². The number of carbonyl (C=O) groups excluding carboxylic acids is 1. The van der Waals surface area contributed by atoms with E-state index in [0.717, 1.165) is 18.2 Å². The third-order valence-corrected chi connectivity index (χ3v) is 9.80. The summed E-state index contributed by atoms with van der Waals surface area (Å²) in [6, 6.07) is 2.93. The summed E-state index contributed by atoms with van der Waals surface area (Å²) in [6.07, 6.45) is -1.05. The molecule has 2 bridgehead atoms. The van der Waals surface area contributed by atoms with Crippen LogP contribution >= 0.6 is 9.24 Å². The second-order valence-corrected chi connectivity index (χ2v) is 10.9. The average molecular weight is 422 g/mol. The summed E-state index contributed by atoms with van der Waals surface area (Å²) in [4.78, 5) is 15.1. The van der Waals surface area contributed by atoms with Gasteiger partial charge in [-0.2, -0.15) is 0 Å². The van der Waals surface area contributed by atoms with Gasteiger partial charge in [-0.1, -0.05) is 6.07 Å². The number of carbonyl (C=O) groups is 1. The van der Waals surface area contributed by atoms with E-state index < -0.39 is 77.6 Å². The van der Waals surface area contributed by atoms with Gasteiger partial charge >= 0.3 is 0 Å². The molecule has 3 fully saturated rings. The van der Waals surface area contributed by atoms with Crippen molar-refractivity contribution in [2.45, 2.75) is 11.2 Å². The first-order chi connectivity index (χ1) is 13.0. The molecule has 0 aromatic heterocycles. The van der Waals surface area contributed by atoms with Crippen LogP contribution < -0.4 is 5.32 Å². The van der Waals surface area contributed by atoms with Crippen LogP contribution in [0.15, 0.2) is 34.2 Å². The molecule has 1 N–H and O–H groups in total. The minimum absolute atomic E-state index is 0.344. The Bertz CT molecular complexity index is 1140. The molecule has 1 amide bonds. The number of nitrogens with one attached hydrogen (secondary N) is 1. The summed E-state index contributed by atoms with van der Waals surface area (Å²) >= 11 is 0. The molecule has 28 heavy (non-hydrogen) atoms. The summed E-state index contributed by atoms with van der Waals surface area (Å²) < 4.78 is 95.8. The van der Waals surface area contributed by atoms with E-state index in [2.05, 4.69) is 4.99 Å². The largest absolute Gasteiger partial charge is 0.293 e. The van der Waals surface area contributed by atoms with Gasteiger partial charge < -0.3 is 0 Å². The van der Waals surface area contributed by atoms with Gasteiger partial charge in [0.05, 0.1) is 4.90 Å². The molecule has 1 spiro atoms. The number of aliphatic imine (C=N–C) groups is 1. The Hall–Kier alpha value is -2.57. The molecular formula is C16H8F6N2O3S. The minimum Gasteiger partial charge on any atom is -0.293 e. The average Bonchev–Trinajstić information content (AvgIpc) is 2.82. The fraction of sp³-hybridized carbons (Fsp3) is 0.125. The zero-order valence-corrected chi connectivity index (χ0v) is 14.3. The summed E-state index contributed by atoms with van der Waals surface area (Å²) in [5.74, 6) is -9.95. The lowest BCUT2D eigenvalue weighted by Crippen LogP contribution is -2.74. The third-order valence-electron chi connectivity index (χ3n) is 4.91. The molecule has 4 aliphatic rings. The van der Waals surface area contributed by atoms with Crippen LogP contribution in [-0.4, -0.2) is 23.1 Å². The summed E-state index contributed by atoms with van der Waals surface area (Å²) in [5, 5.41) is 0.829. The minimum atomic E-state index is -6.03. The molecule has 0 atom stereocenters. The van der Waals surface area contributed by atoms with Crippen molar-refractivity contribution in [2.75, 3.05) is 5.75 Å². The van der Waals surface area contributed by atoms with Crippen LogP contribution in [0.4, 0.5) is 31.5 Å². The topological polar surface area (TPSA) is 59.9 Å². The van der Waals surface area contributed by atoms with Crippen LogP contribution in [0.5, 0.6) is 0 Å². The smallest absolute Gasteiger partial charge is 0.263 e. The van der Waals surface area contributed by atoms with Crippen molar-refractivity contribution in [3.63, 3.8) is 0 Å². The van der Waals surface area contributed by atoms with Gasteiger partial charge in [0.25, 0.3) is 5.91 Å². The highest BCUT2D eigenvalue weighted by atomic mass is 32.4. The van der Waals surface area contributed by atoms with Gasteiger partial charge in [-0.25, -0.2) is 35.3 Å². The number of amidine groups is 1. The molecule has 0 saturated carbocycles. The predicted octanol–water partition coefficient (Wildman–Crippen LogP) is 4.15. The lowest BCUT2D eigenvalue weighted by molar-refractivity contribution is -0.141. The van der Waals surface area contributed by atoms with Gasteiger partial charge in [0, 0.05) is 6.07 Å². The molecule has 0 unspecified atom stereocenters. The maximum Gasteiger partial charge on any atom is 0.263 e. The molecule has 4 aliphatic heterocycles. The summed E-state index contributed by atoms with van der Waals surface area (Å²) in [5.41, 5.74) is -2.01. The second-order valence-electron chi connectivity index (χ2n) is 6.51. The number of fused-ring (bicyclic) bond motifs is 1. The molecule has 6 rings (SSSR count). The van der Waals surface area contributed by atoms with E-state index in [4.69, 9.17) is 8.37 Å². The normalized spacial score (nSPS) is 26.5. The highest BCUT2D eigenvalue weighted by Gasteiger charge is 2.86. The Morgan fingerprint density at radius 2 is 1.68 bits per heavy atom. The predicted molar refractivity (Wildman–Crippen MR) is 85.0 cm³/mol. The molecule has 3 saturated heterocycles. The Kier molecular flexibility index (Phi) is 2.83. The van der Waals surface area contributed by atoms with Crippen molar-refractivity contribution >= 4 is 26.0 Å². The van der Waals surface area contributed by atoms with Crippen LogP contribution in [-0.2, 0) is 8.37 Å². The van der Waals surface area contributed by atoms with Crippen molar-refractivity contribution in [1.29, 1.82) is 0 Å². The summed E-state index contributed by atoms with van der Waals surface area (Å²) in [6.45, 7) is 0. The highest BCUT2D eigenvalue weighted by molar-refractivity contribution is 8.66. The second kappa shape index (κ2) is 4.53. The maximum absolute atomic E-state index is 16.5. The maximum atomic E-state index is 16.5. The molecule has 2 aromatic rings. The third kappa shape index (κ3) is 1.65. The highest BCUT2D eigenvalue weighted by Crippen LogP contribution is 3.12. The molecule has 148 valence electrons. The number of nitrogens with zero attached hydrogens (tertiary/aromatic N) is 1.